The molecule has 0 saturated heterocycles. The van der Waals surface area contributed by atoms with E-state index >= 15 is 0 Å². The molecule has 0 spiro atoms. The molecule has 0 aromatic rings. The van der Waals surface area contributed by atoms with Gasteiger partial charge in [0.1, 0.15) is 13.2 Å². The highest BCUT2D eigenvalue weighted by Crippen LogP contribution is 2.18. The normalized spacial score (nSPS) is 12.7. The molecule has 478 valence electrons. The third-order valence-corrected chi connectivity index (χ3v) is 15.6. The molecule has 0 amide bonds. The van der Waals surface area contributed by atoms with Crippen molar-refractivity contribution in [1.82, 2.24) is 0 Å². The van der Waals surface area contributed by atoms with Crippen molar-refractivity contribution in [2.24, 2.45) is 0 Å². The first-order valence-electron chi connectivity index (χ1n) is 35.7. The highest BCUT2D eigenvalue weighted by Gasteiger charge is 2.19. The minimum atomic E-state index is -0.799. The van der Waals surface area contributed by atoms with Gasteiger partial charge in [-0.05, 0) is 83.5 Å². The largest absolute Gasteiger partial charge is 0.462 e. The van der Waals surface area contributed by atoms with E-state index in [1.165, 1.54) is 205 Å². The van der Waals surface area contributed by atoms with Crippen LogP contribution in [0.15, 0.2) is 97.2 Å². The maximum Gasteiger partial charge on any atom is 0.306 e. The molecule has 1 unspecified atom stereocenters. The first-order valence-corrected chi connectivity index (χ1v) is 35.7. The SMILES string of the molecule is CC/C=C\C/C=C\C/C=C\C/C=C\C/C=C\C/C=C\C/C=C\C/C=C\CCCCC(=O)OC(COC(=O)CCCCCCCCCCC)COC(=O)CCCCCCCCCCCCCCCCCCCCCCCCCCCCCCC. The standard InChI is InChI=1S/C77H134O6/c1-4-7-10-13-16-19-21-23-25-27-29-31-33-35-37-38-40-41-43-45-47-49-51-53-55-58-61-64-67-70-76(79)82-73-74(72-81-75(78)69-66-63-60-57-18-15-12-9-6-3)83-77(80)71-68-65-62-59-56-54-52-50-48-46-44-42-39-36-34-32-30-28-26-24-22-20-17-14-11-8-5-2/h8,11,17,20,24,26,30,32,36,39,44,46,50,52,56,59,74H,4-7,9-10,12-16,18-19,21-23,25,27-29,31,33-35,37-38,40-43,45,47-49,51,53-55,57-58,60-73H2,1-3H3/b11-8-,20-17-,26-24-,32-30-,39-36-,46-44-,52-50-,59-56-. The fourth-order valence-corrected chi connectivity index (χ4v) is 10.3. The van der Waals surface area contributed by atoms with Crippen LogP contribution in [0.25, 0.3) is 0 Å². The molecule has 0 radical (unpaired) electrons. The van der Waals surface area contributed by atoms with E-state index in [9.17, 15) is 14.4 Å². The molecule has 0 aromatic heterocycles. The van der Waals surface area contributed by atoms with Gasteiger partial charge in [-0.25, -0.2) is 0 Å². The van der Waals surface area contributed by atoms with Gasteiger partial charge in [0.05, 0.1) is 0 Å². The van der Waals surface area contributed by atoms with Crippen LogP contribution in [0.4, 0.5) is 0 Å². The van der Waals surface area contributed by atoms with E-state index in [-0.39, 0.29) is 37.5 Å². The number of rotatable bonds is 65. The van der Waals surface area contributed by atoms with Crippen molar-refractivity contribution in [3.05, 3.63) is 97.2 Å². The number of hydrogen-bond acceptors (Lipinski definition) is 6. The first kappa shape index (κ1) is 79.3. The van der Waals surface area contributed by atoms with Crippen molar-refractivity contribution >= 4 is 17.9 Å². The highest BCUT2D eigenvalue weighted by atomic mass is 16.6. The number of carbonyl (C=O) groups is 3. The van der Waals surface area contributed by atoms with Crippen molar-refractivity contribution in [2.75, 3.05) is 13.2 Å². The first-order chi connectivity index (χ1) is 41.0. The van der Waals surface area contributed by atoms with Gasteiger partial charge in [-0.2, -0.15) is 0 Å². The van der Waals surface area contributed by atoms with E-state index in [2.05, 4.69) is 118 Å². The van der Waals surface area contributed by atoms with Crippen LogP contribution in [-0.4, -0.2) is 37.2 Å². The van der Waals surface area contributed by atoms with Crippen LogP contribution < -0.4 is 0 Å². The molecule has 0 aliphatic heterocycles. The lowest BCUT2D eigenvalue weighted by atomic mass is 10.0. The molecule has 0 bridgehead atoms. The molecule has 0 aliphatic rings. The summed E-state index contributed by atoms with van der Waals surface area (Å²) in [4.78, 5) is 38.3. The quantitative estimate of drug-likeness (QED) is 0.0261. The minimum Gasteiger partial charge on any atom is -0.462 e. The molecule has 0 heterocycles. The van der Waals surface area contributed by atoms with Gasteiger partial charge in [0.25, 0.3) is 0 Å². The maximum atomic E-state index is 12.9. The molecule has 0 aromatic carbocycles. The summed E-state index contributed by atoms with van der Waals surface area (Å²) in [6.45, 7) is 6.51. The Labute approximate surface area is 515 Å². The zero-order chi connectivity index (χ0) is 59.9. The molecule has 0 rings (SSSR count). The average Bonchev–Trinajstić information content (AvgIpc) is 3.49. The van der Waals surface area contributed by atoms with E-state index in [0.717, 1.165) is 103 Å². The molecular formula is C77H134O6. The summed E-state index contributed by atoms with van der Waals surface area (Å²) in [7, 11) is 0. The van der Waals surface area contributed by atoms with E-state index < -0.39 is 6.10 Å². The van der Waals surface area contributed by atoms with Gasteiger partial charge in [-0.15, -0.1) is 0 Å². The number of allylic oxidation sites excluding steroid dienone is 16. The molecule has 83 heavy (non-hydrogen) atoms. The minimum absolute atomic E-state index is 0.0915. The van der Waals surface area contributed by atoms with Gasteiger partial charge in [0.2, 0.25) is 0 Å². The average molecular weight is 1160 g/mol. The Morgan fingerprint density at radius 3 is 0.735 bits per heavy atom. The maximum absolute atomic E-state index is 12.9. The Morgan fingerprint density at radius 1 is 0.253 bits per heavy atom. The van der Waals surface area contributed by atoms with Gasteiger partial charge in [0.15, 0.2) is 6.10 Å². The van der Waals surface area contributed by atoms with Gasteiger partial charge in [-0.1, -0.05) is 349 Å². The van der Waals surface area contributed by atoms with Crippen molar-refractivity contribution in [2.45, 2.75) is 361 Å². The number of hydrogen-bond donors (Lipinski definition) is 0. The lowest BCUT2D eigenvalue weighted by Gasteiger charge is -2.18. The fraction of sp³-hybridized carbons (Fsp3) is 0.753. The van der Waals surface area contributed by atoms with Crippen LogP contribution in [0.3, 0.4) is 0 Å². The molecule has 0 saturated carbocycles. The Hall–Kier alpha value is -3.67. The van der Waals surface area contributed by atoms with Gasteiger partial charge >= 0.3 is 17.9 Å². The molecule has 0 aliphatic carbocycles. The summed E-state index contributed by atoms with van der Waals surface area (Å²) >= 11 is 0. The van der Waals surface area contributed by atoms with E-state index in [1.54, 1.807) is 0 Å². The number of ether oxygens (including phenoxy) is 3. The fourth-order valence-electron chi connectivity index (χ4n) is 10.3. The number of unbranched alkanes of at least 4 members (excludes halogenated alkanes) is 38. The van der Waals surface area contributed by atoms with E-state index in [1.807, 2.05) is 0 Å². The summed E-state index contributed by atoms with van der Waals surface area (Å²) in [5.74, 6) is -0.924. The van der Waals surface area contributed by atoms with Crippen molar-refractivity contribution in [3.8, 4) is 0 Å². The van der Waals surface area contributed by atoms with Crippen LogP contribution in [0, 0.1) is 0 Å². The van der Waals surface area contributed by atoms with Crippen LogP contribution in [0.1, 0.15) is 355 Å². The van der Waals surface area contributed by atoms with Crippen molar-refractivity contribution in [3.63, 3.8) is 0 Å². The Kier molecular flexibility index (Phi) is 67.7. The van der Waals surface area contributed by atoms with Crippen LogP contribution in [0.5, 0.6) is 0 Å². The predicted octanol–water partition coefficient (Wildman–Crippen LogP) is 24.8. The molecular weight excluding hydrogens is 1020 g/mol. The Balaban J connectivity index is 4.21. The number of carbonyl (C=O) groups excluding carboxylic acids is 3. The van der Waals surface area contributed by atoms with Gasteiger partial charge in [-0.3, -0.25) is 14.4 Å². The monoisotopic (exact) mass is 1160 g/mol. The summed E-state index contributed by atoms with van der Waals surface area (Å²) < 4.78 is 16.9. The topological polar surface area (TPSA) is 78.9 Å². The molecule has 0 N–H and O–H groups in total. The van der Waals surface area contributed by atoms with Crippen LogP contribution in [-0.2, 0) is 28.6 Å². The summed E-state index contributed by atoms with van der Waals surface area (Å²) in [6, 6.07) is 0. The van der Waals surface area contributed by atoms with Crippen molar-refractivity contribution in [1.29, 1.82) is 0 Å². The molecule has 6 nitrogen and oxygen atoms in total. The van der Waals surface area contributed by atoms with E-state index in [0.29, 0.717) is 19.3 Å². The summed E-state index contributed by atoms with van der Waals surface area (Å²) in [5, 5.41) is 0. The lowest BCUT2D eigenvalue weighted by molar-refractivity contribution is -0.167. The molecule has 6 heteroatoms. The lowest BCUT2D eigenvalue weighted by Crippen LogP contribution is -2.30. The Morgan fingerprint density at radius 2 is 0.470 bits per heavy atom. The smallest absolute Gasteiger partial charge is 0.306 e. The third-order valence-electron chi connectivity index (χ3n) is 15.6. The van der Waals surface area contributed by atoms with E-state index in [4.69, 9.17) is 14.2 Å². The predicted molar refractivity (Wildman–Crippen MR) is 362 cm³/mol. The van der Waals surface area contributed by atoms with Gasteiger partial charge in [0, 0.05) is 19.3 Å². The van der Waals surface area contributed by atoms with Crippen molar-refractivity contribution < 1.29 is 28.6 Å². The summed E-state index contributed by atoms with van der Waals surface area (Å²) in [5.41, 5.74) is 0. The van der Waals surface area contributed by atoms with Crippen LogP contribution in [0.2, 0.25) is 0 Å². The number of esters is 3. The zero-order valence-electron chi connectivity index (χ0n) is 54.9. The molecule has 1 atom stereocenters. The van der Waals surface area contributed by atoms with Crippen LogP contribution >= 0.6 is 0 Å². The Bertz CT molecular complexity index is 1610. The highest BCUT2D eigenvalue weighted by molar-refractivity contribution is 5.71. The second-order valence-corrected chi connectivity index (χ2v) is 23.8. The molecule has 0 fully saturated rings. The zero-order valence-corrected chi connectivity index (χ0v) is 54.9. The second kappa shape index (κ2) is 70.8. The third kappa shape index (κ3) is 69.0. The second-order valence-electron chi connectivity index (χ2n) is 23.8. The summed E-state index contributed by atoms with van der Waals surface area (Å²) in [6.07, 6.45) is 96.1. The van der Waals surface area contributed by atoms with Gasteiger partial charge < -0.3 is 14.2 Å².